The molecule has 0 bridgehead atoms. The second kappa shape index (κ2) is 9.76. The van der Waals surface area contributed by atoms with E-state index in [2.05, 4.69) is 20.8 Å². The van der Waals surface area contributed by atoms with E-state index in [4.69, 9.17) is 11.6 Å². The van der Waals surface area contributed by atoms with Crippen molar-refractivity contribution in [1.29, 1.82) is 0 Å². The molecular formula is C20H22ClN5O2S. The number of hydrogen-bond donors (Lipinski definition) is 2. The van der Waals surface area contributed by atoms with Gasteiger partial charge >= 0.3 is 0 Å². The fourth-order valence-electron chi connectivity index (χ4n) is 2.92. The summed E-state index contributed by atoms with van der Waals surface area (Å²) < 4.78 is 1.82. The average molecular weight is 432 g/mol. The van der Waals surface area contributed by atoms with Crippen LogP contribution in [-0.4, -0.2) is 44.5 Å². The number of thioether (sulfide) groups is 1. The number of rotatable bonds is 8. The summed E-state index contributed by atoms with van der Waals surface area (Å²) in [7, 11) is 0. The Morgan fingerprint density at radius 2 is 1.90 bits per heavy atom. The second-order valence-corrected chi connectivity index (χ2v) is 7.90. The fraction of sp³-hybridized carbons (Fsp3) is 0.300. The molecule has 2 amide bonds. The fourth-order valence-corrected chi connectivity index (χ4v) is 3.61. The van der Waals surface area contributed by atoms with Crippen molar-refractivity contribution in [2.24, 2.45) is 0 Å². The molecule has 0 aliphatic carbocycles. The van der Waals surface area contributed by atoms with E-state index >= 15 is 0 Å². The topological polar surface area (TPSA) is 88.4 Å². The predicted octanol–water partition coefficient (Wildman–Crippen LogP) is 3.11. The molecule has 0 saturated carbocycles. The van der Waals surface area contributed by atoms with E-state index < -0.39 is 6.04 Å². The summed E-state index contributed by atoms with van der Waals surface area (Å²) in [6.45, 7) is 1.84. The molecule has 3 rings (SSSR count). The van der Waals surface area contributed by atoms with Gasteiger partial charge in [-0.3, -0.25) is 14.0 Å². The van der Waals surface area contributed by atoms with Crippen LogP contribution in [0.25, 0.3) is 5.65 Å². The van der Waals surface area contributed by atoms with Crippen molar-refractivity contribution in [2.75, 3.05) is 12.0 Å². The molecule has 2 aromatic heterocycles. The van der Waals surface area contributed by atoms with Gasteiger partial charge in [-0.2, -0.15) is 11.8 Å². The zero-order valence-corrected chi connectivity index (χ0v) is 17.7. The highest BCUT2D eigenvalue weighted by molar-refractivity contribution is 7.98. The van der Waals surface area contributed by atoms with E-state index in [1.807, 2.05) is 42.0 Å². The van der Waals surface area contributed by atoms with Crippen molar-refractivity contribution in [2.45, 2.75) is 25.4 Å². The summed E-state index contributed by atoms with van der Waals surface area (Å²) >= 11 is 7.72. The number of carbonyl (C=O) groups excluding carboxylic acids is 2. The first-order valence-corrected chi connectivity index (χ1v) is 10.9. The molecule has 2 heterocycles. The molecule has 0 aliphatic heterocycles. The number of fused-ring (bicyclic) bond motifs is 1. The third-order valence-electron chi connectivity index (χ3n) is 4.44. The van der Waals surface area contributed by atoms with Crippen molar-refractivity contribution < 1.29 is 9.59 Å². The molecule has 2 atom stereocenters. The SMILES string of the molecule is CSCCC(NC(=O)c1ccccc1Cl)C(=O)NC(C)c1nnc2ccccn12. The Labute approximate surface area is 178 Å². The Morgan fingerprint density at radius 3 is 2.66 bits per heavy atom. The number of aromatic nitrogens is 3. The van der Waals surface area contributed by atoms with Crippen LogP contribution < -0.4 is 10.6 Å². The van der Waals surface area contributed by atoms with Gasteiger partial charge in [-0.25, -0.2) is 0 Å². The molecule has 2 unspecified atom stereocenters. The van der Waals surface area contributed by atoms with Gasteiger partial charge in [-0.1, -0.05) is 29.8 Å². The molecule has 0 aliphatic rings. The van der Waals surface area contributed by atoms with Crippen LogP contribution in [0.5, 0.6) is 0 Å². The van der Waals surface area contributed by atoms with E-state index in [1.165, 1.54) is 0 Å². The van der Waals surface area contributed by atoms with Gasteiger partial charge in [0.2, 0.25) is 5.91 Å². The minimum atomic E-state index is -0.687. The van der Waals surface area contributed by atoms with Crippen LogP contribution in [0.4, 0.5) is 0 Å². The zero-order chi connectivity index (χ0) is 20.8. The highest BCUT2D eigenvalue weighted by atomic mass is 35.5. The quantitative estimate of drug-likeness (QED) is 0.572. The lowest BCUT2D eigenvalue weighted by atomic mass is 10.1. The van der Waals surface area contributed by atoms with Gasteiger partial charge < -0.3 is 10.6 Å². The maximum absolute atomic E-state index is 12.9. The number of amides is 2. The maximum Gasteiger partial charge on any atom is 0.253 e. The van der Waals surface area contributed by atoms with Gasteiger partial charge in [0.1, 0.15) is 6.04 Å². The van der Waals surface area contributed by atoms with E-state index in [0.717, 1.165) is 5.75 Å². The van der Waals surface area contributed by atoms with Crippen LogP contribution in [0, 0.1) is 0 Å². The van der Waals surface area contributed by atoms with Crippen molar-refractivity contribution in [3.8, 4) is 0 Å². The molecule has 0 fully saturated rings. The van der Waals surface area contributed by atoms with Crippen LogP contribution in [-0.2, 0) is 4.79 Å². The van der Waals surface area contributed by atoms with Crippen molar-refractivity contribution in [1.82, 2.24) is 25.2 Å². The molecule has 9 heteroatoms. The Bertz CT molecular complexity index is 1010. The summed E-state index contributed by atoms with van der Waals surface area (Å²) in [5.74, 6) is 0.690. The summed E-state index contributed by atoms with van der Waals surface area (Å²) in [5, 5.41) is 14.4. The molecule has 29 heavy (non-hydrogen) atoms. The summed E-state index contributed by atoms with van der Waals surface area (Å²) in [5.41, 5.74) is 1.04. The summed E-state index contributed by atoms with van der Waals surface area (Å²) in [6, 6.07) is 11.3. The molecule has 0 spiro atoms. The molecule has 3 aromatic rings. The number of nitrogens with zero attached hydrogens (tertiary/aromatic N) is 3. The standard InChI is InChI=1S/C20H22ClN5O2S/c1-13(18-25-24-17-9-5-6-11-26(17)18)22-20(28)16(10-12-29-2)23-19(27)14-7-3-4-8-15(14)21/h3-9,11,13,16H,10,12H2,1-2H3,(H,22,28)(H,23,27). The largest absolute Gasteiger partial charge is 0.345 e. The van der Waals surface area contributed by atoms with E-state index in [0.29, 0.717) is 28.5 Å². The highest BCUT2D eigenvalue weighted by Gasteiger charge is 2.25. The van der Waals surface area contributed by atoms with Gasteiger partial charge in [0.05, 0.1) is 16.6 Å². The third kappa shape index (κ3) is 5.07. The lowest BCUT2D eigenvalue weighted by Crippen LogP contribution is -2.47. The molecule has 152 valence electrons. The first kappa shape index (κ1) is 21.1. The van der Waals surface area contributed by atoms with Gasteiger partial charge in [0, 0.05) is 6.20 Å². The second-order valence-electron chi connectivity index (χ2n) is 6.50. The van der Waals surface area contributed by atoms with Gasteiger partial charge in [-0.15, -0.1) is 10.2 Å². The molecule has 2 N–H and O–H groups in total. The first-order chi connectivity index (χ1) is 14.0. The number of pyridine rings is 1. The van der Waals surface area contributed by atoms with Gasteiger partial charge in [0.15, 0.2) is 11.5 Å². The lowest BCUT2D eigenvalue weighted by Gasteiger charge is -2.21. The summed E-state index contributed by atoms with van der Waals surface area (Å²) in [4.78, 5) is 25.5. The molecule has 1 aromatic carbocycles. The molecular weight excluding hydrogens is 410 g/mol. The predicted molar refractivity (Wildman–Crippen MR) is 115 cm³/mol. The number of nitrogens with one attached hydrogen (secondary N) is 2. The molecule has 7 nitrogen and oxygen atoms in total. The van der Waals surface area contributed by atoms with Crippen LogP contribution in [0.2, 0.25) is 5.02 Å². The minimum Gasteiger partial charge on any atom is -0.345 e. The Kier molecular flexibility index (Phi) is 7.11. The van der Waals surface area contributed by atoms with Crippen LogP contribution in [0.1, 0.15) is 35.6 Å². The normalized spacial score (nSPS) is 13.1. The average Bonchev–Trinajstić information content (AvgIpc) is 3.15. The number of benzene rings is 1. The minimum absolute atomic E-state index is 0.278. The number of halogens is 1. The van der Waals surface area contributed by atoms with Crippen LogP contribution >= 0.6 is 23.4 Å². The number of hydrogen-bond acceptors (Lipinski definition) is 5. The van der Waals surface area contributed by atoms with Crippen molar-refractivity contribution in [3.05, 3.63) is 65.1 Å². The molecule has 0 saturated heterocycles. The maximum atomic E-state index is 12.9. The van der Waals surface area contributed by atoms with Crippen molar-refractivity contribution in [3.63, 3.8) is 0 Å². The van der Waals surface area contributed by atoms with Crippen molar-refractivity contribution >= 4 is 40.8 Å². The number of carbonyl (C=O) groups is 2. The highest BCUT2D eigenvalue weighted by Crippen LogP contribution is 2.16. The van der Waals surface area contributed by atoms with Gasteiger partial charge in [-0.05, 0) is 49.6 Å². The van der Waals surface area contributed by atoms with Gasteiger partial charge in [0.25, 0.3) is 5.91 Å². The van der Waals surface area contributed by atoms with Crippen LogP contribution in [0.15, 0.2) is 48.7 Å². The zero-order valence-electron chi connectivity index (χ0n) is 16.1. The first-order valence-electron chi connectivity index (χ1n) is 9.15. The summed E-state index contributed by atoms with van der Waals surface area (Å²) in [6.07, 6.45) is 4.30. The van der Waals surface area contributed by atoms with E-state index in [1.54, 1.807) is 36.0 Å². The monoisotopic (exact) mass is 431 g/mol. The molecule has 0 radical (unpaired) electrons. The Hall–Kier alpha value is -2.58. The third-order valence-corrected chi connectivity index (χ3v) is 5.41. The van der Waals surface area contributed by atoms with E-state index in [9.17, 15) is 9.59 Å². The Morgan fingerprint density at radius 1 is 1.14 bits per heavy atom. The van der Waals surface area contributed by atoms with E-state index in [-0.39, 0.29) is 17.9 Å². The Balaban J connectivity index is 1.73. The smallest absolute Gasteiger partial charge is 0.253 e. The van der Waals surface area contributed by atoms with Crippen LogP contribution in [0.3, 0.4) is 0 Å². The lowest BCUT2D eigenvalue weighted by molar-refractivity contribution is -0.123.